The summed E-state index contributed by atoms with van der Waals surface area (Å²) in [6, 6.07) is 27.7. The van der Waals surface area contributed by atoms with Crippen LogP contribution in [-0.4, -0.2) is 37.2 Å². The van der Waals surface area contributed by atoms with Crippen LogP contribution >= 0.6 is 23.2 Å². The topological polar surface area (TPSA) is 85.9 Å². The van der Waals surface area contributed by atoms with Gasteiger partial charge in [-0.25, -0.2) is 9.40 Å². The lowest BCUT2D eigenvalue weighted by Gasteiger charge is -2.19. The first-order chi connectivity index (χ1) is 18.7. The number of amidine groups is 1. The summed E-state index contributed by atoms with van der Waals surface area (Å²) in [6.07, 6.45) is 0. The predicted molar refractivity (Wildman–Crippen MR) is 153 cm³/mol. The second-order valence-corrected chi connectivity index (χ2v) is 11.2. The van der Waals surface area contributed by atoms with Crippen LogP contribution < -0.4 is 0 Å². The minimum absolute atomic E-state index is 0.0861. The van der Waals surface area contributed by atoms with E-state index in [1.807, 2.05) is 42.5 Å². The van der Waals surface area contributed by atoms with Gasteiger partial charge in [-0.05, 0) is 71.8 Å². The SMILES string of the molecule is N=C(/C(=N\S(=O)(=O)c1ccc(Cl)cc1)N1CC(c2ccccc2)C(c2ccc(Cl)cc2)=N1)c1ccc(F)cc1. The highest BCUT2D eigenvalue weighted by atomic mass is 35.5. The second kappa shape index (κ2) is 11.1. The number of nitrogens with zero attached hydrogens (tertiary/aromatic N) is 3. The average molecular weight is 579 g/mol. The van der Waals surface area contributed by atoms with Crippen molar-refractivity contribution in [1.82, 2.24) is 5.01 Å². The number of sulfonamides is 1. The van der Waals surface area contributed by atoms with Crippen molar-refractivity contribution < 1.29 is 12.8 Å². The fraction of sp³-hybridized carbons (Fsp3) is 0.0690. The number of halogens is 3. The molecule has 0 aliphatic carbocycles. The van der Waals surface area contributed by atoms with Crippen LogP contribution in [0.25, 0.3) is 0 Å². The zero-order valence-corrected chi connectivity index (χ0v) is 22.6. The van der Waals surface area contributed by atoms with Crippen LogP contribution in [0.4, 0.5) is 4.39 Å². The quantitative estimate of drug-likeness (QED) is 0.202. The molecule has 0 radical (unpaired) electrons. The lowest BCUT2D eigenvalue weighted by Crippen LogP contribution is -2.33. The fourth-order valence-electron chi connectivity index (χ4n) is 4.20. The Balaban J connectivity index is 1.64. The third-order valence-corrected chi connectivity index (χ3v) is 7.96. The Hall–Kier alpha value is -3.85. The number of hydrogen-bond donors (Lipinski definition) is 1. The van der Waals surface area contributed by atoms with E-state index >= 15 is 0 Å². The molecular weight excluding hydrogens is 558 g/mol. The van der Waals surface area contributed by atoms with Crippen molar-refractivity contribution in [3.63, 3.8) is 0 Å². The monoisotopic (exact) mass is 578 g/mol. The van der Waals surface area contributed by atoms with Gasteiger partial charge >= 0.3 is 0 Å². The number of benzene rings is 4. The first-order valence-electron chi connectivity index (χ1n) is 11.8. The van der Waals surface area contributed by atoms with Gasteiger partial charge in [0.25, 0.3) is 10.0 Å². The van der Waals surface area contributed by atoms with E-state index in [0.29, 0.717) is 15.8 Å². The lowest BCUT2D eigenvalue weighted by molar-refractivity contribution is 0.480. The molecule has 4 aromatic rings. The van der Waals surface area contributed by atoms with E-state index in [-0.39, 0.29) is 34.5 Å². The molecule has 0 amide bonds. The summed E-state index contributed by atoms with van der Waals surface area (Å²) < 4.78 is 44.4. The summed E-state index contributed by atoms with van der Waals surface area (Å²) in [5, 5.41) is 16.0. The van der Waals surface area contributed by atoms with Crippen molar-refractivity contribution in [3.8, 4) is 0 Å². The minimum atomic E-state index is -4.26. The maximum absolute atomic E-state index is 13.6. The number of nitrogens with one attached hydrogen (secondary N) is 1. The largest absolute Gasteiger partial charge is 0.296 e. The number of rotatable bonds is 6. The van der Waals surface area contributed by atoms with Gasteiger partial charge in [-0.2, -0.15) is 13.5 Å². The first-order valence-corrected chi connectivity index (χ1v) is 14.0. The summed E-state index contributed by atoms with van der Waals surface area (Å²) in [4.78, 5) is -0.0861. The van der Waals surface area contributed by atoms with E-state index in [0.717, 1.165) is 11.1 Å². The summed E-state index contributed by atoms with van der Waals surface area (Å²) in [5.74, 6) is -0.925. The molecule has 0 aromatic heterocycles. The molecule has 0 bridgehead atoms. The maximum Gasteiger partial charge on any atom is 0.284 e. The average Bonchev–Trinajstić information content (AvgIpc) is 3.38. The van der Waals surface area contributed by atoms with Gasteiger partial charge in [-0.3, -0.25) is 5.41 Å². The van der Waals surface area contributed by atoms with Crippen molar-refractivity contribution in [2.24, 2.45) is 9.50 Å². The lowest BCUT2D eigenvalue weighted by atomic mass is 9.90. The highest BCUT2D eigenvalue weighted by molar-refractivity contribution is 7.90. The van der Waals surface area contributed by atoms with Gasteiger partial charge in [-0.1, -0.05) is 65.7 Å². The molecule has 1 unspecified atom stereocenters. The molecule has 0 saturated heterocycles. The summed E-state index contributed by atoms with van der Waals surface area (Å²) in [6.45, 7) is 0.223. The Kier molecular flexibility index (Phi) is 7.61. The molecule has 0 saturated carbocycles. The summed E-state index contributed by atoms with van der Waals surface area (Å²) in [5.41, 5.74) is 2.49. The predicted octanol–water partition coefficient (Wildman–Crippen LogP) is 6.79. The van der Waals surface area contributed by atoms with E-state index < -0.39 is 15.8 Å². The highest BCUT2D eigenvalue weighted by Gasteiger charge is 2.34. The molecule has 1 atom stereocenters. The normalized spacial score (nSPS) is 15.8. The Bertz CT molecular complexity index is 1670. The second-order valence-electron chi connectivity index (χ2n) is 8.76. The molecule has 1 aliphatic heterocycles. The van der Waals surface area contributed by atoms with E-state index in [1.54, 1.807) is 12.1 Å². The van der Waals surface area contributed by atoms with E-state index in [1.165, 1.54) is 53.5 Å². The molecule has 196 valence electrons. The molecule has 4 aromatic carbocycles. The van der Waals surface area contributed by atoms with Crippen molar-refractivity contribution in [2.75, 3.05) is 6.54 Å². The fourth-order valence-corrected chi connectivity index (χ4v) is 5.45. The van der Waals surface area contributed by atoms with Gasteiger partial charge in [-0.15, -0.1) is 4.40 Å². The van der Waals surface area contributed by atoms with Crippen molar-refractivity contribution in [1.29, 1.82) is 5.41 Å². The molecule has 0 spiro atoms. The van der Waals surface area contributed by atoms with Crippen LogP contribution in [-0.2, 0) is 10.0 Å². The van der Waals surface area contributed by atoms with E-state index in [9.17, 15) is 12.8 Å². The molecule has 39 heavy (non-hydrogen) atoms. The molecule has 1 heterocycles. The van der Waals surface area contributed by atoms with Crippen LogP contribution in [0.5, 0.6) is 0 Å². The number of hydrazone groups is 1. The third kappa shape index (κ3) is 5.93. The van der Waals surface area contributed by atoms with Crippen LogP contribution in [0.2, 0.25) is 10.0 Å². The molecule has 1 aliphatic rings. The Morgan fingerprint density at radius 2 is 1.46 bits per heavy atom. The van der Waals surface area contributed by atoms with Crippen LogP contribution in [0.15, 0.2) is 118 Å². The van der Waals surface area contributed by atoms with Gasteiger partial charge in [0.2, 0.25) is 0 Å². The Labute approximate surface area is 235 Å². The molecular formula is C29H21Cl2FN4O2S. The molecule has 5 rings (SSSR count). The van der Waals surface area contributed by atoms with Gasteiger partial charge < -0.3 is 0 Å². The van der Waals surface area contributed by atoms with Gasteiger partial charge in [0.15, 0.2) is 5.84 Å². The third-order valence-electron chi connectivity index (χ3n) is 6.18. The van der Waals surface area contributed by atoms with Crippen molar-refractivity contribution >= 4 is 50.5 Å². The highest BCUT2D eigenvalue weighted by Crippen LogP contribution is 2.30. The van der Waals surface area contributed by atoms with Gasteiger partial charge in [0.1, 0.15) is 11.5 Å². The van der Waals surface area contributed by atoms with Crippen LogP contribution in [0.1, 0.15) is 22.6 Å². The molecule has 6 nitrogen and oxygen atoms in total. The minimum Gasteiger partial charge on any atom is -0.296 e. The Morgan fingerprint density at radius 1 is 0.872 bits per heavy atom. The smallest absolute Gasteiger partial charge is 0.284 e. The maximum atomic E-state index is 13.6. The summed E-state index contributed by atoms with van der Waals surface area (Å²) in [7, 11) is -4.26. The molecule has 10 heteroatoms. The van der Waals surface area contributed by atoms with E-state index in [4.69, 9.17) is 33.7 Å². The van der Waals surface area contributed by atoms with Crippen LogP contribution in [0.3, 0.4) is 0 Å². The van der Waals surface area contributed by atoms with Crippen LogP contribution in [0, 0.1) is 11.2 Å². The van der Waals surface area contributed by atoms with E-state index in [2.05, 4.69) is 4.40 Å². The Morgan fingerprint density at radius 3 is 2.08 bits per heavy atom. The van der Waals surface area contributed by atoms with Crippen molar-refractivity contribution in [2.45, 2.75) is 10.8 Å². The van der Waals surface area contributed by atoms with Gasteiger partial charge in [0, 0.05) is 21.5 Å². The summed E-state index contributed by atoms with van der Waals surface area (Å²) >= 11 is 12.1. The molecule has 0 fully saturated rings. The van der Waals surface area contributed by atoms with Crippen molar-refractivity contribution in [3.05, 3.63) is 136 Å². The van der Waals surface area contributed by atoms with Gasteiger partial charge in [0.05, 0.1) is 17.2 Å². The molecule has 1 N–H and O–H groups in total. The zero-order chi connectivity index (χ0) is 27.6. The zero-order valence-electron chi connectivity index (χ0n) is 20.3. The number of hydrogen-bond acceptors (Lipinski definition) is 4. The first kappa shape index (κ1) is 26.7. The standard InChI is InChI=1S/C29H21Cl2FN4O2S/c30-22-10-6-21(7-11-22)28-26(19-4-2-1-3-5-19)18-36(34-28)29(27(33)20-8-14-24(32)15-9-20)35-39(37,38)25-16-12-23(31)13-17-25/h1-17,26,33H,18H2/b33-27?,35-29+.